The molecule has 0 N–H and O–H groups in total. The largest absolute Gasteiger partial charge is 0.458 e. The van der Waals surface area contributed by atoms with Crippen molar-refractivity contribution >= 4 is 51.0 Å². The van der Waals surface area contributed by atoms with Crippen LogP contribution in [0.15, 0.2) is 212 Å². The third kappa shape index (κ3) is 5.08. The number of benzene rings is 9. The Morgan fingerprint density at radius 3 is 1.66 bits per heavy atom. The molecule has 0 aliphatic carbocycles. The number of anilines is 2. The maximum absolute atomic E-state index is 7.13. The van der Waals surface area contributed by atoms with E-state index in [1.165, 1.54) is 60.8 Å². The highest BCUT2D eigenvalue weighted by atomic mass is 16.5. The Hall–Kier alpha value is -7.56. The molecular weight excluding hydrogens is 703 g/mol. The maximum atomic E-state index is 7.13. The van der Waals surface area contributed by atoms with Crippen LogP contribution in [-0.4, -0.2) is 11.4 Å². The standard InChI is InChI=1S/C54H35BN2O/c1-3-15-36(16-4-1)38-19-14-22-43(32-38)57-51-28-12-9-25-46(51)47-33-41(37-17-5-2-6-18-37)35-53-54(47)55(57)48-30-29-40(34-52(48)58-53)39-20-13-21-42(31-39)56-49-26-10-7-23-44(49)45-24-8-11-27-50(45)56/h1-35H. The molecule has 270 valence electrons. The summed E-state index contributed by atoms with van der Waals surface area (Å²) in [6.45, 7) is -0.113. The highest BCUT2D eigenvalue weighted by molar-refractivity contribution is 6.92. The average molecular weight is 739 g/mol. The summed E-state index contributed by atoms with van der Waals surface area (Å²) < 4.78 is 9.51. The molecule has 2 aliphatic rings. The smallest absolute Gasteiger partial charge is 0.336 e. The van der Waals surface area contributed by atoms with Crippen molar-refractivity contribution in [2.45, 2.75) is 0 Å². The van der Waals surface area contributed by atoms with Gasteiger partial charge in [-0.2, -0.15) is 0 Å². The zero-order chi connectivity index (χ0) is 38.2. The van der Waals surface area contributed by atoms with Crippen LogP contribution in [0.3, 0.4) is 0 Å². The van der Waals surface area contributed by atoms with Crippen molar-refractivity contribution in [3.05, 3.63) is 212 Å². The molecule has 0 amide bonds. The van der Waals surface area contributed by atoms with Crippen LogP contribution in [-0.2, 0) is 0 Å². The molecule has 3 nitrogen and oxygen atoms in total. The number of hydrogen-bond donors (Lipinski definition) is 0. The minimum absolute atomic E-state index is 0.113. The van der Waals surface area contributed by atoms with Crippen molar-refractivity contribution in [1.29, 1.82) is 0 Å². The molecule has 4 heteroatoms. The van der Waals surface area contributed by atoms with Gasteiger partial charge in [0, 0.05) is 38.9 Å². The van der Waals surface area contributed by atoms with E-state index in [-0.39, 0.29) is 6.85 Å². The Labute approximate surface area is 337 Å². The SMILES string of the molecule is c1ccc(-c2cccc(N3B4c5ccc(-c6cccc(-n7c8ccccc8c8ccccc87)c6)cc5Oc5cc(-c6ccccc6)cc(c54)-c4ccccc43)c2)cc1. The second kappa shape index (κ2) is 13.0. The van der Waals surface area contributed by atoms with Crippen LogP contribution in [0, 0.1) is 0 Å². The summed E-state index contributed by atoms with van der Waals surface area (Å²) in [6, 6.07) is 76.8. The first-order valence-electron chi connectivity index (χ1n) is 20.0. The van der Waals surface area contributed by atoms with Crippen molar-refractivity contribution in [3.8, 4) is 61.7 Å². The molecule has 12 rings (SSSR count). The van der Waals surface area contributed by atoms with Crippen molar-refractivity contribution in [3.63, 3.8) is 0 Å². The summed E-state index contributed by atoms with van der Waals surface area (Å²) in [7, 11) is 0. The summed E-state index contributed by atoms with van der Waals surface area (Å²) in [4.78, 5) is 2.53. The maximum Gasteiger partial charge on any atom is 0.336 e. The molecule has 3 heterocycles. The van der Waals surface area contributed by atoms with E-state index in [1.54, 1.807) is 0 Å². The van der Waals surface area contributed by atoms with E-state index >= 15 is 0 Å². The summed E-state index contributed by atoms with van der Waals surface area (Å²) in [5.74, 6) is 1.76. The fraction of sp³-hybridized carbons (Fsp3) is 0. The van der Waals surface area contributed by atoms with E-state index in [0.717, 1.165) is 45.0 Å². The van der Waals surface area contributed by atoms with Gasteiger partial charge in [0.1, 0.15) is 11.5 Å². The summed E-state index contributed by atoms with van der Waals surface area (Å²) >= 11 is 0. The van der Waals surface area contributed by atoms with Crippen LogP contribution >= 0.6 is 0 Å². The second-order valence-electron chi connectivity index (χ2n) is 15.3. The van der Waals surface area contributed by atoms with E-state index in [0.29, 0.717) is 0 Å². The lowest BCUT2D eigenvalue weighted by Gasteiger charge is -2.42. The molecular formula is C54H35BN2O. The third-order valence-electron chi connectivity index (χ3n) is 12.0. The molecule has 58 heavy (non-hydrogen) atoms. The first-order chi connectivity index (χ1) is 28.8. The van der Waals surface area contributed by atoms with Gasteiger partial charge in [-0.1, -0.05) is 152 Å². The lowest BCUT2D eigenvalue weighted by molar-refractivity contribution is 0.487. The van der Waals surface area contributed by atoms with Gasteiger partial charge in [0.25, 0.3) is 0 Å². The van der Waals surface area contributed by atoms with E-state index in [1.807, 2.05) is 0 Å². The minimum Gasteiger partial charge on any atom is -0.458 e. The van der Waals surface area contributed by atoms with Crippen molar-refractivity contribution in [2.24, 2.45) is 0 Å². The van der Waals surface area contributed by atoms with Crippen molar-refractivity contribution in [2.75, 3.05) is 4.81 Å². The van der Waals surface area contributed by atoms with Crippen LogP contribution in [0.2, 0.25) is 0 Å². The highest BCUT2D eigenvalue weighted by Gasteiger charge is 2.44. The van der Waals surface area contributed by atoms with E-state index in [4.69, 9.17) is 4.74 Å². The molecule has 9 aromatic carbocycles. The van der Waals surface area contributed by atoms with Gasteiger partial charge in [-0.3, -0.25) is 0 Å². The Morgan fingerprint density at radius 1 is 0.362 bits per heavy atom. The number of ether oxygens (including phenoxy) is 1. The van der Waals surface area contributed by atoms with Gasteiger partial charge in [0.2, 0.25) is 0 Å². The predicted octanol–water partition coefficient (Wildman–Crippen LogP) is 12.8. The number of para-hydroxylation sites is 3. The quantitative estimate of drug-likeness (QED) is 0.164. The Balaban J connectivity index is 1.05. The van der Waals surface area contributed by atoms with E-state index < -0.39 is 0 Å². The molecule has 0 fully saturated rings. The van der Waals surface area contributed by atoms with Gasteiger partial charge in [-0.25, -0.2) is 0 Å². The van der Waals surface area contributed by atoms with E-state index in [2.05, 4.69) is 222 Å². The molecule has 0 unspecified atom stereocenters. The Kier molecular flexibility index (Phi) is 7.33. The van der Waals surface area contributed by atoms with Gasteiger partial charge in [0.15, 0.2) is 0 Å². The molecule has 0 spiro atoms. The predicted molar refractivity (Wildman–Crippen MR) is 243 cm³/mol. The Morgan fingerprint density at radius 2 is 0.914 bits per heavy atom. The first-order valence-corrected chi connectivity index (χ1v) is 20.0. The normalized spacial score (nSPS) is 12.6. The highest BCUT2D eigenvalue weighted by Crippen LogP contribution is 2.46. The number of nitrogens with zero attached hydrogens (tertiary/aromatic N) is 2. The summed E-state index contributed by atoms with van der Waals surface area (Å²) in [6.07, 6.45) is 0. The molecule has 0 radical (unpaired) electrons. The fourth-order valence-corrected chi connectivity index (χ4v) is 9.41. The molecule has 2 aliphatic heterocycles. The lowest BCUT2D eigenvalue weighted by atomic mass is 9.44. The molecule has 0 saturated heterocycles. The monoisotopic (exact) mass is 738 g/mol. The topological polar surface area (TPSA) is 17.4 Å². The summed E-state index contributed by atoms with van der Waals surface area (Å²) in [5, 5.41) is 2.51. The molecule has 0 saturated carbocycles. The van der Waals surface area contributed by atoms with Gasteiger partial charge >= 0.3 is 6.85 Å². The van der Waals surface area contributed by atoms with Crippen LogP contribution in [0.5, 0.6) is 11.5 Å². The number of aromatic nitrogens is 1. The van der Waals surface area contributed by atoms with Gasteiger partial charge in [-0.05, 0) is 105 Å². The van der Waals surface area contributed by atoms with Crippen LogP contribution < -0.4 is 20.5 Å². The van der Waals surface area contributed by atoms with Gasteiger partial charge in [0.05, 0.1) is 11.0 Å². The molecule has 1 aromatic heterocycles. The van der Waals surface area contributed by atoms with Gasteiger partial charge in [-0.15, -0.1) is 0 Å². The van der Waals surface area contributed by atoms with Crippen molar-refractivity contribution in [1.82, 2.24) is 4.57 Å². The zero-order valence-corrected chi connectivity index (χ0v) is 31.6. The molecule has 0 atom stereocenters. The minimum atomic E-state index is -0.113. The van der Waals surface area contributed by atoms with Crippen LogP contribution in [0.1, 0.15) is 0 Å². The van der Waals surface area contributed by atoms with Gasteiger partial charge < -0.3 is 14.1 Å². The summed E-state index contributed by atoms with van der Waals surface area (Å²) in [5.41, 5.74) is 17.5. The van der Waals surface area contributed by atoms with Crippen LogP contribution in [0.25, 0.3) is 72.0 Å². The number of fused-ring (bicyclic) bond motifs is 7. The average Bonchev–Trinajstić information content (AvgIpc) is 3.64. The number of rotatable bonds is 5. The van der Waals surface area contributed by atoms with E-state index in [9.17, 15) is 0 Å². The lowest BCUT2D eigenvalue weighted by Crippen LogP contribution is -2.59. The second-order valence-corrected chi connectivity index (χ2v) is 15.3. The zero-order valence-electron chi connectivity index (χ0n) is 31.6. The van der Waals surface area contributed by atoms with Crippen molar-refractivity contribution < 1.29 is 4.74 Å². The fourth-order valence-electron chi connectivity index (χ4n) is 9.41. The Bertz CT molecular complexity index is 3170. The first kappa shape index (κ1) is 32.7. The molecule has 0 bridgehead atoms. The number of hydrogen-bond acceptors (Lipinski definition) is 2. The van der Waals surface area contributed by atoms with Crippen LogP contribution in [0.4, 0.5) is 11.4 Å². The molecule has 10 aromatic rings. The third-order valence-corrected chi connectivity index (χ3v) is 12.0.